The second-order valence-electron chi connectivity index (χ2n) is 11.7. The highest BCUT2D eigenvalue weighted by Gasteiger charge is 2.46. The standard InChI is InChI=1S/C43H29NS/c1-3-13-32(14-4-1)44(33-15-5-2-6-16-33)34-26-23-30(24-27-34)43(39-20-10-7-17-35(39)36-18-8-11-21-40(36)43)31-25-28-38-37-19-9-12-22-41(37)45-42(38)29-31/h1-29H. The van der Waals surface area contributed by atoms with Gasteiger partial charge in [-0.2, -0.15) is 0 Å². The maximum Gasteiger partial charge on any atom is 0.0714 e. The molecule has 2 heteroatoms. The molecule has 0 amide bonds. The third kappa shape index (κ3) is 3.93. The first kappa shape index (κ1) is 26.0. The Morgan fingerprint density at radius 1 is 0.378 bits per heavy atom. The van der Waals surface area contributed by atoms with Crippen molar-refractivity contribution in [1.29, 1.82) is 0 Å². The summed E-state index contributed by atoms with van der Waals surface area (Å²) in [6, 6.07) is 64.4. The average Bonchev–Trinajstić information content (AvgIpc) is 3.63. The van der Waals surface area contributed by atoms with E-state index in [2.05, 4.69) is 181 Å². The van der Waals surface area contributed by atoms with Crippen molar-refractivity contribution in [2.24, 2.45) is 0 Å². The second kappa shape index (κ2) is 10.3. The Labute approximate surface area is 267 Å². The van der Waals surface area contributed by atoms with Gasteiger partial charge in [-0.1, -0.05) is 127 Å². The number of rotatable bonds is 5. The Balaban J connectivity index is 1.29. The average molecular weight is 592 g/mol. The molecule has 1 heterocycles. The lowest BCUT2D eigenvalue weighted by Gasteiger charge is -2.34. The first-order chi connectivity index (χ1) is 22.3. The molecule has 0 aliphatic heterocycles. The van der Waals surface area contributed by atoms with Gasteiger partial charge in [0.05, 0.1) is 5.41 Å². The van der Waals surface area contributed by atoms with Crippen molar-refractivity contribution >= 4 is 48.6 Å². The number of nitrogens with zero attached hydrogens (tertiary/aromatic N) is 1. The van der Waals surface area contributed by atoms with E-state index in [4.69, 9.17) is 0 Å². The van der Waals surface area contributed by atoms with Crippen LogP contribution in [0.3, 0.4) is 0 Å². The van der Waals surface area contributed by atoms with Crippen LogP contribution in [0, 0.1) is 0 Å². The van der Waals surface area contributed by atoms with Gasteiger partial charge >= 0.3 is 0 Å². The third-order valence-electron chi connectivity index (χ3n) is 9.35. The molecule has 0 bridgehead atoms. The number of fused-ring (bicyclic) bond motifs is 6. The fourth-order valence-electron chi connectivity index (χ4n) is 7.44. The maximum atomic E-state index is 2.45. The van der Waals surface area contributed by atoms with E-state index in [1.54, 1.807) is 0 Å². The van der Waals surface area contributed by atoms with E-state index < -0.39 is 5.41 Å². The first-order valence-corrected chi connectivity index (χ1v) is 16.3. The van der Waals surface area contributed by atoms with E-state index in [1.807, 2.05) is 11.3 Å². The van der Waals surface area contributed by atoms with E-state index in [1.165, 1.54) is 53.6 Å². The van der Waals surface area contributed by atoms with Gasteiger partial charge in [0.25, 0.3) is 0 Å². The van der Waals surface area contributed by atoms with Gasteiger partial charge in [0, 0.05) is 37.2 Å². The van der Waals surface area contributed by atoms with Crippen LogP contribution >= 0.6 is 11.3 Å². The van der Waals surface area contributed by atoms with Crippen molar-refractivity contribution in [3.05, 3.63) is 198 Å². The Kier molecular flexibility index (Phi) is 5.97. The molecule has 1 aliphatic carbocycles. The fraction of sp³-hybridized carbons (Fsp3) is 0.0233. The van der Waals surface area contributed by atoms with Crippen LogP contribution in [0.4, 0.5) is 17.1 Å². The van der Waals surface area contributed by atoms with Gasteiger partial charge in [0.2, 0.25) is 0 Å². The molecule has 45 heavy (non-hydrogen) atoms. The van der Waals surface area contributed by atoms with Crippen molar-refractivity contribution in [2.45, 2.75) is 5.41 Å². The van der Waals surface area contributed by atoms with Crippen molar-refractivity contribution < 1.29 is 0 Å². The van der Waals surface area contributed by atoms with Gasteiger partial charge in [-0.3, -0.25) is 0 Å². The van der Waals surface area contributed by atoms with Gasteiger partial charge in [-0.25, -0.2) is 0 Å². The van der Waals surface area contributed by atoms with Crippen LogP contribution in [0.25, 0.3) is 31.3 Å². The minimum absolute atomic E-state index is 0.444. The lowest BCUT2D eigenvalue weighted by Crippen LogP contribution is -2.28. The molecule has 0 atom stereocenters. The minimum atomic E-state index is -0.444. The zero-order chi connectivity index (χ0) is 29.8. The van der Waals surface area contributed by atoms with Gasteiger partial charge in [-0.05, 0) is 81.9 Å². The van der Waals surface area contributed by atoms with E-state index >= 15 is 0 Å². The summed E-state index contributed by atoms with van der Waals surface area (Å²) in [5.41, 5.74) is 10.8. The molecule has 0 radical (unpaired) electrons. The zero-order valence-corrected chi connectivity index (χ0v) is 25.4. The number of hydrogen-bond acceptors (Lipinski definition) is 2. The predicted octanol–water partition coefficient (Wildman–Crippen LogP) is 11.9. The largest absolute Gasteiger partial charge is 0.311 e. The molecule has 0 fully saturated rings. The molecule has 0 N–H and O–H groups in total. The van der Waals surface area contributed by atoms with E-state index in [9.17, 15) is 0 Å². The van der Waals surface area contributed by atoms with Gasteiger partial charge in [0.15, 0.2) is 0 Å². The molecule has 212 valence electrons. The molecule has 0 saturated heterocycles. The van der Waals surface area contributed by atoms with Gasteiger partial charge in [-0.15, -0.1) is 11.3 Å². The monoisotopic (exact) mass is 591 g/mol. The lowest BCUT2D eigenvalue weighted by atomic mass is 9.67. The summed E-state index contributed by atoms with van der Waals surface area (Å²) < 4.78 is 2.66. The lowest BCUT2D eigenvalue weighted by molar-refractivity contribution is 0.770. The molecule has 1 nitrogen and oxygen atoms in total. The van der Waals surface area contributed by atoms with Crippen molar-refractivity contribution in [3.63, 3.8) is 0 Å². The normalized spacial score (nSPS) is 13.1. The van der Waals surface area contributed by atoms with Crippen LogP contribution < -0.4 is 4.90 Å². The first-order valence-electron chi connectivity index (χ1n) is 15.4. The third-order valence-corrected chi connectivity index (χ3v) is 10.5. The van der Waals surface area contributed by atoms with Crippen LogP contribution in [0.2, 0.25) is 0 Å². The molecule has 7 aromatic carbocycles. The van der Waals surface area contributed by atoms with Crippen LogP contribution in [0.5, 0.6) is 0 Å². The van der Waals surface area contributed by atoms with Crippen molar-refractivity contribution in [3.8, 4) is 11.1 Å². The van der Waals surface area contributed by atoms with Gasteiger partial charge < -0.3 is 4.90 Å². The summed E-state index contributed by atoms with van der Waals surface area (Å²) in [6.45, 7) is 0. The summed E-state index contributed by atoms with van der Waals surface area (Å²) in [5, 5.41) is 2.65. The summed E-state index contributed by atoms with van der Waals surface area (Å²) >= 11 is 1.89. The zero-order valence-electron chi connectivity index (χ0n) is 24.6. The van der Waals surface area contributed by atoms with Crippen LogP contribution in [-0.2, 0) is 5.41 Å². The molecule has 1 aromatic heterocycles. The molecule has 8 aromatic rings. The van der Waals surface area contributed by atoms with Gasteiger partial charge in [0.1, 0.15) is 0 Å². The van der Waals surface area contributed by atoms with Crippen molar-refractivity contribution in [2.75, 3.05) is 4.90 Å². The van der Waals surface area contributed by atoms with Crippen LogP contribution in [0.15, 0.2) is 176 Å². The van der Waals surface area contributed by atoms with Crippen LogP contribution in [0.1, 0.15) is 22.3 Å². The molecule has 9 rings (SSSR count). The summed E-state index contributed by atoms with van der Waals surface area (Å²) in [5.74, 6) is 0. The molecule has 0 spiro atoms. The Morgan fingerprint density at radius 2 is 0.867 bits per heavy atom. The number of anilines is 3. The second-order valence-corrected chi connectivity index (χ2v) is 12.8. The Bertz CT molecular complexity index is 2230. The number of para-hydroxylation sites is 2. The van der Waals surface area contributed by atoms with E-state index in [-0.39, 0.29) is 0 Å². The minimum Gasteiger partial charge on any atom is -0.311 e. The predicted molar refractivity (Wildman–Crippen MR) is 191 cm³/mol. The number of hydrogen-bond donors (Lipinski definition) is 0. The van der Waals surface area contributed by atoms with E-state index in [0.29, 0.717) is 0 Å². The SMILES string of the molecule is c1ccc(N(c2ccccc2)c2ccc(C3(c4ccc5c(c4)sc4ccccc45)c4ccccc4-c4ccccc43)cc2)cc1. The molecular formula is C43H29NS. The van der Waals surface area contributed by atoms with Crippen molar-refractivity contribution in [1.82, 2.24) is 0 Å². The molecule has 1 aliphatic rings. The fourth-order valence-corrected chi connectivity index (χ4v) is 8.59. The van der Waals surface area contributed by atoms with Crippen LogP contribution in [-0.4, -0.2) is 0 Å². The highest BCUT2D eigenvalue weighted by atomic mass is 32.1. The Hall–Kier alpha value is -5.44. The topological polar surface area (TPSA) is 3.24 Å². The Morgan fingerprint density at radius 3 is 1.51 bits per heavy atom. The highest BCUT2D eigenvalue weighted by Crippen LogP contribution is 2.57. The quantitative estimate of drug-likeness (QED) is 0.192. The maximum absolute atomic E-state index is 2.45. The smallest absolute Gasteiger partial charge is 0.0714 e. The molecular weight excluding hydrogens is 563 g/mol. The summed E-state index contributed by atoms with van der Waals surface area (Å²) in [7, 11) is 0. The molecule has 0 unspecified atom stereocenters. The highest BCUT2D eigenvalue weighted by molar-refractivity contribution is 7.25. The number of benzene rings is 7. The molecule has 0 saturated carbocycles. The summed E-state index contributed by atoms with van der Waals surface area (Å²) in [6.07, 6.45) is 0. The summed E-state index contributed by atoms with van der Waals surface area (Å²) in [4.78, 5) is 2.33. The van der Waals surface area contributed by atoms with E-state index in [0.717, 1.165) is 17.1 Å². The number of thiophene rings is 1.